The van der Waals surface area contributed by atoms with Crippen LogP contribution < -0.4 is 0 Å². The molecule has 0 unspecified atom stereocenters. The van der Waals surface area contributed by atoms with Gasteiger partial charge in [0.1, 0.15) is 0 Å². The smallest absolute Gasteiger partial charge is 0.331 e. The minimum atomic E-state index is -4.64. The zero-order valence-electron chi connectivity index (χ0n) is 16.9. The van der Waals surface area contributed by atoms with Crippen LogP contribution in [0.3, 0.4) is 0 Å². The van der Waals surface area contributed by atoms with E-state index >= 15 is 0 Å². The van der Waals surface area contributed by atoms with Crippen LogP contribution in [-0.2, 0) is 24.1 Å². The summed E-state index contributed by atoms with van der Waals surface area (Å²) in [7, 11) is 0. The highest BCUT2D eigenvalue weighted by atomic mass is 35.5. The number of alkyl halides is 3. The van der Waals surface area contributed by atoms with Gasteiger partial charge in [-0.25, -0.2) is 4.39 Å². The fraction of sp³-hybridized carbons (Fsp3) is 0.273. The normalized spacial score (nSPS) is 16.2. The largest absolute Gasteiger partial charge is 0.435 e. The molecule has 10 heteroatoms. The van der Waals surface area contributed by atoms with Gasteiger partial charge in [0, 0.05) is 35.6 Å². The number of benzene rings is 1. The van der Waals surface area contributed by atoms with E-state index in [9.17, 15) is 22.4 Å². The molecule has 0 spiro atoms. The Morgan fingerprint density at radius 2 is 2.00 bits per heavy atom. The molecule has 0 aliphatic carbocycles. The summed E-state index contributed by atoms with van der Waals surface area (Å²) in [6, 6.07) is 8.45. The minimum Gasteiger partial charge on any atom is -0.331 e. The Bertz CT molecular complexity index is 1200. The average Bonchev–Trinajstić information content (AvgIpc) is 3.35. The number of rotatable bonds is 4. The van der Waals surface area contributed by atoms with Gasteiger partial charge in [0.25, 0.3) is 5.91 Å². The van der Waals surface area contributed by atoms with Crippen LogP contribution in [0.2, 0.25) is 4.34 Å². The molecular weight excluding hydrogens is 466 g/mol. The van der Waals surface area contributed by atoms with E-state index in [0.717, 1.165) is 10.4 Å². The van der Waals surface area contributed by atoms with E-state index in [1.807, 2.05) is 0 Å². The third-order valence-electron chi connectivity index (χ3n) is 5.42. The van der Waals surface area contributed by atoms with Crippen molar-refractivity contribution in [3.63, 3.8) is 0 Å². The van der Waals surface area contributed by atoms with Crippen molar-refractivity contribution >= 4 is 28.8 Å². The lowest BCUT2D eigenvalue weighted by molar-refractivity contribution is -0.141. The van der Waals surface area contributed by atoms with E-state index in [2.05, 4.69) is 11.7 Å². The van der Waals surface area contributed by atoms with Crippen molar-refractivity contribution in [3.8, 4) is 11.1 Å². The molecule has 0 radical (unpaired) electrons. The summed E-state index contributed by atoms with van der Waals surface area (Å²) in [6.45, 7) is 5.32. The van der Waals surface area contributed by atoms with Crippen LogP contribution in [0.4, 0.5) is 17.6 Å². The summed E-state index contributed by atoms with van der Waals surface area (Å²) in [5.41, 5.74) is 0.724. The number of carbonyl (C=O) groups excluding carboxylic acids is 1. The summed E-state index contributed by atoms with van der Waals surface area (Å²) in [6.07, 6.45) is -3.27. The zero-order valence-corrected chi connectivity index (χ0v) is 18.5. The van der Waals surface area contributed by atoms with E-state index in [-0.39, 0.29) is 25.2 Å². The van der Waals surface area contributed by atoms with E-state index in [1.54, 1.807) is 37.3 Å². The fourth-order valence-corrected chi connectivity index (χ4v) is 5.37. The van der Waals surface area contributed by atoms with Gasteiger partial charge in [-0.05, 0) is 29.7 Å². The van der Waals surface area contributed by atoms with Gasteiger partial charge in [-0.1, -0.05) is 42.4 Å². The van der Waals surface area contributed by atoms with Crippen molar-refractivity contribution < 1.29 is 22.4 Å². The molecule has 4 nitrogen and oxygen atoms in total. The van der Waals surface area contributed by atoms with Crippen LogP contribution in [0, 0.1) is 0 Å². The molecule has 1 aliphatic heterocycles. The molecular formula is C22H18ClF4N3OS. The Morgan fingerprint density at radius 3 is 2.66 bits per heavy atom. The van der Waals surface area contributed by atoms with Crippen molar-refractivity contribution in [2.24, 2.45) is 0 Å². The number of hydrogen-bond acceptors (Lipinski definition) is 3. The number of amides is 1. The summed E-state index contributed by atoms with van der Waals surface area (Å²) in [5, 5.41) is 3.72. The summed E-state index contributed by atoms with van der Waals surface area (Å²) in [5.74, 6) is -2.43. The number of hydrogen-bond donors (Lipinski definition) is 0. The van der Waals surface area contributed by atoms with Gasteiger partial charge in [-0.15, -0.1) is 11.3 Å². The first-order valence-corrected chi connectivity index (χ1v) is 10.9. The second-order valence-corrected chi connectivity index (χ2v) is 9.17. The first-order chi connectivity index (χ1) is 15.1. The lowest BCUT2D eigenvalue weighted by Crippen LogP contribution is -2.38. The van der Waals surface area contributed by atoms with E-state index in [4.69, 9.17) is 11.6 Å². The van der Waals surface area contributed by atoms with Crippen LogP contribution >= 0.6 is 22.9 Å². The lowest BCUT2D eigenvalue weighted by atomic mass is 9.84. The maximum atomic E-state index is 13.8. The number of fused-ring (bicyclic) bond motifs is 1. The molecule has 0 saturated heterocycles. The Morgan fingerprint density at radius 1 is 1.28 bits per heavy atom. The minimum absolute atomic E-state index is 0.0452. The predicted molar refractivity (Wildman–Crippen MR) is 115 cm³/mol. The van der Waals surface area contributed by atoms with Crippen LogP contribution in [0.1, 0.15) is 34.5 Å². The number of aryl methyl sites for hydroxylation is 1. The number of halogens is 5. The van der Waals surface area contributed by atoms with Gasteiger partial charge in [-0.2, -0.15) is 18.3 Å². The molecule has 1 aliphatic rings. The highest BCUT2D eigenvalue weighted by molar-refractivity contribution is 7.16. The standard InChI is InChI=1S/C22H18ClF4N3OS/c1-3-30-10-17(20(28-30)22(25,26)27)14-7-5-4-6-13(14)16-9-29(21(31)12(2)24)11-18-15(16)8-19(23)32-18/h4-8,10,16H,2-3,9,11H2,1H3/t16-/m1/s1. The van der Waals surface area contributed by atoms with E-state index in [0.29, 0.717) is 15.5 Å². The van der Waals surface area contributed by atoms with Gasteiger partial charge in [0.2, 0.25) is 0 Å². The Kier molecular flexibility index (Phi) is 5.89. The SMILES string of the molecule is C=C(F)C(=O)N1Cc2sc(Cl)cc2[C@@H](c2ccccc2-c2cn(CC)nc2C(F)(F)F)C1. The monoisotopic (exact) mass is 483 g/mol. The molecule has 0 N–H and O–H groups in total. The zero-order chi connectivity index (χ0) is 23.2. The van der Waals surface area contributed by atoms with Crippen molar-refractivity contribution in [3.05, 3.63) is 75.0 Å². The highest BCUT2D eigenvalue weighted by Crippen LogP contribution is 2.45. The predicted octanol–water partition coefficient (Wildman–Crippen LogP) is 6.26. The number of nitrogens with zero attached hydrogens (tertiary/aromatic N) is 3. The van der Waals surface area contributed by atoms with Gasteiger partial charge in [0.15, 0.2) is 11.5 Å². The van der Waals surface area contributed by atoms with Crippen LogP contribution in [-0.4, -0.2) is 27.1 Å². The van der Waals surface area contributed by atoms with Crippen LogP contribution in [0.25, 0.3) is 11.1 Å². The van der Waals surface area contributed by atoms with Crippen LogP contribution in [0.15, 0.2) is 48.9 Å². The Balaban J connectivity index is 1.88. The molecule has 4 rings (SSSR count). The van der Waals surface area contributed by atoms with E-state index < -0.39 is 29.5 Å². The number of carbonyl (C=O) groups is 1. The topological polar surface area (TPSA) is 38.1 Å². The molecule has 1 aromatic carbocycles. The molecule has 1 amide bonds. The van der Waals surface area contributed by atoms with Crippen molar-refractivity contribution in [1.29, 1.82) is 0 Å². The molecule has 2 aromatic heterocycles. The molecule has 0 fully saturated rings. The number of thiophene rings is 1. The summed E-state index contributed by atoms with van der Waals surface area (Å²) >= 11 is 7.48. The first kappa shape index (κ1) is 22.5. The second kappa shape index (κ2) is 8.37. The van der Waals surface area contributed by atoms with Crippen molar-refractivity contribution in [2.75, 3.05) is 6.54 Å². The van der Waals surface area contributed by atoms with Gasteiger partial charge < -0.3 is 4.90 Å². The molecule has 32 heavy (non-hydrogen) atoms. The highest BCUT2D eigenvalue weighted by Gasteiger charge is 2.39. The summed E-state index contributed by atoms with van der Waals surface area (Å²) < 4.78 is 56.6. The first-order valence-electron chi connectivity index (χ1n) is 9.75. The quantitative estimate of drug-likeness (QED) is 0.324. The molecule has 0 bridgehead atoms. The molecule has 0 saturated carbocycles. The second-order valence-electron chi connectivity index (χ2n) is 7.40. The van der Waals surface area contributed by atoms with Gasteiger partial charge >= 0.3 is 6.18 Å². The molecule has 3 heterocycles. The van der Waals surface area contributed by atoms with Gasteiger partial charge in [0.05, 0.1) is 10.9 Å². The number of aromatic nitrogens is 2. The molecule has 168 valence electrons. The fourth-order valence-electron chi connectivity index (χ4n) is 4.01. The molecule has 1 atom stereocenters. The average molecular weight is 484 g/mol. The van der Waals surface area contributed by atoms with Gasteiger partial charge in [-0.3, -0.25) is 9.48 Å². The van der Waals surface area contributed by atoms with E-state index in [1.165, 1.54) is 27.1 Å². The maximum Gasteiger partial charge on any atom is 0.435 e. The van der Waals surface area contributed by atoms with Crippen molar-refractivity contribution in [2.45, 2.75) is 32.1 Å². The molecule has 3 aromatic rings. The maximum absolute atomic E-state index is 13.8. The third kappa shape index (κ3) is 4.06. The Labute approximate surface area is 190 Å². The van der Waals surface area contributed by atoms with Crippen molar-refractivity contribution in [1.82, 2.24) is 14.7 Å². The summed E-state index contributed by atoms with van der Waals surface area (Å²) in [4.78, 5) is 14.4. The van der Waals surface area contributed by atoms with Crippen LogP contribution in [0.5, 0.6) is 0 Å². The third-order valence-corrected chi connectivity index (χ3v) is 6.69. The lowest BCUT2D eigenvalue weighted by Gasteiger charge is -2.33. The Hall–Kier alpha value is -2.65.